The second-order valence-corrected chi connectivity index (χ2v) is 3.27. The van der Waals surface area contributed by atoms with E-state index in [1.165, 1.54) is 6.07 Å². The lowest BCUT2D eigenvalue weighted by Crippen LogP contribution is -2.01. The molecule has 2 unspecified atom stereocenters. The minimum atomic E-state index is -0.476. The first-order valence-corrected chi connectivity index (χ1v) is 4.12. The van der Waals surface area contributed by atoms with E-state index in [9.17, 15) is 10.1 Å². The van der Waals surface area contributed by atoms with E-state index in [2.05, 4.69) is 10.2 Å². The van der Waals surface area contributed by atoms with Crippen LogP contribution in [0.1, 0.15) is 18.0 Å². The molecule has 1 heterocycles. The lowest BCUT2D eigenvalue weighted by Gasteiger charge is -1.87. The van der Waals surface area contributed by atoms with Gasteiger partial charge in [0.15, 0.2) is 0 Å². The highest BCUT2D eigenvalue weighted by Crippen LogP contribution is 2.46. The van der Waals surface area contributed by atoms with Gasteiger partial charge in [0, 0.05) is 5.92 Å². The van der Waals surface area contributed by atoms with Crippen LogP contribution in [0.3, 0.4) is 0 Å². The first kappa shape index (κ1) is 8.18. The van der Waals surface area contributed by atoms with E-state index < -0.39 is 4.92 Å². The summed E-state index contributed by atoms with van der Waals surface area (Å²) in [7, 11) is 0. The predicted molar refractivity (Wildman–Crippen MR) is 45.1 cm³/mol. The van der Waals surface area contributed by atoms with Crippen molar-refractivity contribution in [3.05, 3.63) is 21.9 Å². The summed E-state index contributed by atoms with van der Waals surface area (Å²) in [6.07, 6.45) is 0.999. The van der Waals surface area contributed by atoms with Gasteiger partial charge in [0.2, 0.25) is 0 Å². The molecule has 0 bridgehead atoms. The highest BCUT2D eigenvalue weighted by atomic mass is 16.6. The van der Waals surface area contributed by atoms with Crippen LogP contribution in [0.2, 0.25) is 0 Å². The number of H-pyrrole nitrogens is 1. The first-order chi connectivity index (χ1) is 6.22. The molecule has 13 heavy (non-hydrogen) atoms. The Hall–Kier alpha value is -1.43. The van der Waals surface area contributed by atoms with Gasteiger partial charge in [-0.1, -0.05) is 5.10 Å². The minimum absolute atomic E-state index is 0.0438. The highest BCUT2D eigenvalue weighted by Gasteiger charge is 2.39. The molecule has 0 radical (unpaired) electrons. The summed E-state index contributed by atoms with van der Waals surface area (Å²) < 4.78 is 0. The van der Waals surface area contributed by atoms with Gasteiger partial charge >= 0.3 is 5.82 Å². The second kappa shape index (κ2) is 2.81. The lowest BCUT2D eigenvalue weighted by molar-refractivity contribution is -0.389. The number of nitrogens with one attached hydrogen (secondary N) is 1. The number of hydrogen-bond donors (Lipinski definition) is 2. The van der Waals surface area contributed by atoms with Crippen molar-refractivity contribution in [2.75, 3.05) is 6.54 Å². The Morgan fingerprint density at radius 1 is 1.85 bits per heavy atom. The Morgan fingerprint density at radius 2 is 2.62 bits per heavy atom. The highest BCUT2D eigenvalue weighted by molar-refractivity contribution is 5.27. The van der Waals surface area contributed by atoms with E-state index in [-0.39, 0.29) is 5.82 Å². The van der Waals surface area contributed by atoms with Crippen LogP contribution in [0.5, 0.6) is 0 Å². The molecule has 3 N–H and O–H groups in total. The molecule has 0 amide bonds. The normalized spacial score (nSPS) is 25.9. The topological polar surface area (TPSA) is 97.8 Å². The summed E-state index contributed by atoms with van der Waals surface area (Å²) in [6.45, 7) is 0.630. The smallest absolute Gasteiger partial charge is 0.342 e. The maximum atomic E-state index is 10.3. The monoisotopic (exact) mass is 182 g/mol. The van der Waals surface area contributed by atoms with Gasteiger partial charge in [-0.25, -0.2) is 0 Å². The summed E-state index contributed by atoms with van der Waals surface area (Å²) in [4.78, 5) is 9.84. The van der Waals surface area contributed by atoms with Crippen molar-refractivity contribution in [1.82, 2.24) is 10.2 Å². The zero-order chi connectivity index (χ0) is 9.42. The van der Waals surface area contributed by atoms with Crippen LogP contribution in [0.15, 0.2) is 6.07 Å². The molecule has 0 aliphatic heterocycles. The summed E-state index contributed by atoms with van der Waals surface area (Å²) in [6, 6.07) is 1.49. The van der Waals surface area contributed by atoms with E-state index in [1.54, 1.807) is 0 Å². The predicted octanol–water partition coefficient (Wildman–Crippen LogP) is 0.380. The summed E-state index contributed by atoms with van der Waals surface area (Å²) in [5.41, 5.74) is 6.22. The van der Waals surface area contributed by atoms with Gasteiger partial charge in [-0.15, -0.1) is 5.10 Å². The number of aromatic nitrogens is 2. The molecule has 0 saturated heterocycles. The van der Waals surface area contributed by atoms with E-state index >= 15 is 0 Å². The number of nitrogens with zero attached hydrogens (tertiary/aromatic N) is 2. The van der Waals surface area contributed by atoms with Crippen molar-refractivity contribution in [3.63, 3.8) is 0 Å². The summed E-state index contributed by atoms with van der Waals surface area (Å²) in [5, 5.41) is 16.6. The van der Waals surface area contributed by atoms with Crippen molar-refractivity contribution in [1.29, 1.82) is 0 Å². The van der Waals surface area contributed by atoms with Crippen LogP contribution >= 0.6 is 0 Å². The third-order valence-corrected chi connectivity index (χ3v) is 2.39. The van der Waals surface area contributed by atoms with Crippen LogP contribution in [-0.4, -0.2) is 21.7 Å². The number of rotatable bonds is 3. The Bertz CT molecular complexity index is 335. The van der Waals surface area contributed by atoms with Crippen LogP contribution in [-0.2, 0) is 0 Å². The number of hydrogen-bond acceptors (Lipinski definition) is 4. The summed E-state index contributed by atoms with van der Waals surface area (Å²) >= 11 is 0. The molecule has 6 heteroatoms. The van der Waals surface area contributed by atoms with Gasteiger partial charge in [-0.05, 0) is 23.8 Å². The van der Waals surface area contributed by atoms with E-state index in [1.807, 2.05) is 0 Å². The van der Waals surface area contributed by atoms with Crippen LogP contribution in [0, 0.1) is 16.0 Å². The quantitative estimate of drug-likeness (QED) is 0.521. The van der Waals surface area contributed by atoms with Gasteiger partial charge in [0.05, 0.1) is 11.8 Å². The fourth-order valence-corrected chi connectivity index (χ4v) is 1.48. The van der Waals surface area contributed by atoms with E-state index in [4.69, 9.17) is 5.73 Å². The van der Waals surface area contributed by atoms with Gasteiger partial charge in [0.25, 0.3) is 0 Å². The molecule has 1 saturated carbocycles. The molecule has 1 aromatic rings. The van der Waals surface area contributed by atoms with Gasteiger partial charge < -0.3 is 15.8 Å². The Balaban J connectivity index is 2.11. The third-order valence-electron chi connectivity index (χ3n) is 2.39. The maximum Gasteiger partial charge on any atom is 0.342 e. The molecule has 70 valence electrons. The second-order valence-electron chi connectivity index (χ2n) is 3.27. The molecule has 0 aromatic carbocycles. The van der Waals surface area contributed by atoms with Crippen molar-refractivity contribution >= 4 is 5.82 Å². The van der Waals surface area contributed by atoms with Crippen molar-refractivity contribution < 1.29 is 4.92 Å². The fraction of sp³-hybridized carbons (Fsp3) is 0.571. The maximum absolute atomic E-state index is 10.3. The molecule has 1 aliphatic carbocycles. The van der Waals surface area contributed by atoms with E-state index in [0.29, 0.717) is 18.4 Å². The standard InChI is InChI=1S/C7H10N4O2/c8-3-4-1-5(4)6-2-7(10-9-6)11(12)13/h2,4-5H,1,3,8H2,(H,9,10). The van der Waals surface area contributed by atoms with Crippen molar-refractivity contribution in [2.45, 2.75) is 12.3 Å². The molecular formula is C7H10N4O2. The Labute approximate surface area is 74.3 Å². The van der Waals surface area contributed by atoms with Crippen LogP contribution in [0.4, 0.5) is 5.82 Å². The summed E-state index contributed by atoms with van der Waals surface area (Å²) in [5.74, 6) is 0.746. The average Bonchev–Trinajstić information content (AvgIpc) is 2.73. The van der Waals surface area contributed by atoms with Crippen LogP contribution < -0.4 is 5.73 Å². The average molecular weight is 182 g/mol. The number of nitrogens with two attached hydrogens (primary N) is 1. The Morgan fingerprint density at radius 3 is 3.08 bits per heavy atom. The molecule has 0 spiro atoms. The zero-order valence-electron chi connectivity index (χ0n) is 6.93. The first-order valence-electron chi connectivity index (χ1n) is 4.12. The van der Waals surface area contributed by atoms with Crippen molar-refractivity contribution in [2.24, 2.45) is 11.7 Å². The lowest BCUT2D eigenvalue weighted by atomic mass is 10.2. The SMILES string of the molecule is NCC1CC1c1cc([N+](=O)[O-])[nH]n1. The number of nitro groups is 1. The minimum Gasteiger partial charge on any atom is -0.358 e. The molecule has 2 atom stereocenters. The van der Waals surface area contributed by atoms with Crippen molar-refractivity contribution in [3.8, 4) is 0 Å². The number of aromatic amines is 1. The molecule has 6 nitrogen and oxygen atoms in total. The Kier molecular flexibility index (Phi) is 1.77. The molecule has 1 fully saturated rings. The fourth-order valence-electron chi connectivity index (χ4n) is 1.48. The van der Waals surface area contributed by atoms with Crippen LogP contribution in [0.25, 0.3) is 0 Å². The van der Waals surface area contributed by atoms with Gasteiger partial charge in [0.1, 0.15) is 0 Å². The van der Waals surface area contributed by atoms with E-state index in [0.717, 1.165) is 12.1 Å². The van der Waals surface area contributed by atoms with Gasteiger partial charge in [-0.2, -0.15) is 0 Å². The largest absolute Gasteiger partial charge is 0.358 e. The molecular weight excluding hydrogens is 172 g/mol. The zero-order valence-corrected chi connectivity index (χ0v) is 6.93. The molecule has 1 aliphatic rings. The molecule has 2 rings (SSSR count). The molecule has 1 aromatic heterocycles. The van der Waals surface area contributed by atoms with Gasteiger partial charge in [-0.3, -0.25) is 0 Å². The third kappa shape index (κ3) is 1.40.